The van der Waals surface area contributed by atoms with Crippen molar-refractivity contribution in [2.75, 3.05) is 6.54 Å². The van der Waals surface area contributed by atoms with Gasteiger partial charge in [0.15, 0.2) is 5.11 Å². The van der Waals surface area contributed by atoms with Gasteiger partial charge in [-0.1, -0.05) is 31.2 Å². The van der Waals surface area contributed by atoms with Gasteiger partial charge in [-0.15, -0.1) is 0 Å². The average Bonchev–Trinajstić information content (AvgIpc) is 3.28. The van der Waals surface area contributed by atoms with Crippen molar-refractivity contribution < 1.29 is 0 Å². The van der Waals surface area contributed by atoms with E-state index < -0.39 is 0 Å². The number of hydrogen-bond donors (Lipinski definition) is 1. The van der Waals surface area contributed by atoms with Crippen molar-refractivity contribution in [2.45, 2.75) is 25.4 Å². The molecule has 1 saturated heterocycles. The molecule has 0 saturated carbocycles. The molecule has 5 heteroatoms. The summed E-state index contributed by atoms with van der Waals surface area (Å²) in [4.78, 5) is 6.89. The maximum absolute atomic E-state index is 5.67. The number of pyridine rings is 1. The third-order valence-electron chi connectivity index (χ3n) is 4.78. The van der Waals surface area contributed by atoms with Crippen LogP contribution in [0.4, 0.5) is 0 Å². The highest BCUT2D eigenvalue weighted by atomic mass is 32.1. The van der Waals surface area contributed by atoms with Crippen LogP contribution in [0.15, 0.2) is 73.1 Å². The van der Waals surface area contributed by atoms with Gasteiger partial charge in [-0.25, -0.2) is 0 Å². The lowest BCUT2D eigenvalue weighted by Gasteiger charge is -2.28. The third-order valence-corrected chi connectivity index (χ3v) is 5.13. The molecule has 1 aromatic carbocycles. The van der Waals surface area contributed by atoms with E-state index in [1.807, 2.05) is 24.4 Å². The fourth-order valence-electron chi connectivity index (χ4n) is 3.67. The van der Waals surface area contributed by atoms with Gasteiger partial charge in [0.2, 0.25) is 0 Å². The Labute approximate surface area is 159 Å². The zero-order chi connectivity index (χ0) is 17.9. The third kappa shape index (κ3) is 2.99. The highest BCUT2D eigenvalue weighted by molar-refractivity contribution is 7.80. The minimum Gasteiger partial charge on any atom is -0.352 e. The monoisotopic (exact) mass is 362 g/mol. The smallest absolute Gasteiger partial charge is 0.170 e. The largest absolute Gasteiger partial charge is 0.352 e. The van der Waals surface area contributed by atoms with Crippen molar-refractivity contribution in [1.29, 1.82) is 0 Å². The summed E-state index contributed by atoms with van der Waals surface area (Å²) in [6.45, 7) is 3.10. The van der Waals surface area contributed by atoms with E-state index in [0.717, 1.165) is 29.5 Å². The fraction of sp³-hybridized carbons (Fsp3) is 0.238. The minimum atomic E-state index is 0.0348. The summed E-state index contributed by atoms with van der Waals surface area (Å²) >= 11 is 5.67. The van der Waals surface area contributed by atoms with Crippen LogP contribution in [0.5, 0.6) is 0 Å². The van der Waals surface area contributed by atoms with E-state index in [9.17, 15) is 0 Å². The number of nitrogens with zero attached hydrogens (tertiary/aromatic N) is 3. The van der Waals surface area contributed by atoms with Gasteiger partial charge in [0.25, 0.3) is 0 Å². The van der Waals surface area contributed by atoms with Crippen molar-refractivity contribution >= 4 is 17.3 Å². The Hall–Kier alpha value is -2.66. The van der Waals surface area contributed by atoms with E-state index in [0.29, 0.717) is 0 Å². The van der Waals surface area contributed by atoms with Gasteiger partial charge in [0, 0.05) is 30.3 Å². The predicted octanol–water partition coefficient (Wildman–Crippen LogP) is 4.25. The summed E-state index contributed by atoms with van der Waals surface area (Å²) in [5.74, 6) is 0. The Morgan fingerprint density at radius 3 is 2.58 bits per heavy atom. The normalized spacial score (nSPS) is 19.6. The van der Waals surface area contributed by atoms with Gasteiger partial charge in [-0.05, 0) is 55.0 Å². The number of hydrogen-bond acceptors (Lipinski definition) is 2. The van der Waals surface area contributed by atoms with Gasteiger partial charge in [0.1, 0.15) is 0 Å². The number of nitrogens with one attached hydrogen (secondary N) is 1. The van der Waals surface area contributed by atoms with Crippen LogP contribution in [0.25, 0.3) is 5.69 Å². The molecule has 4 rings (SSSR count). The molecule has 1 aliphatic heterocycles. The summed E-state index contributed by atoms with van der Waals surface area (Å²) in [6.07, 6.45) is 5.00. The maximum atomic E-state index is 5.67. The molecule has 3 aromatic rings. The van der Waals surface area contributed by atoms with Crippen molar-refractivity contribution in [2.24, 2.45) is 0 Å². The Bertz CT molecular complexity index is 875. The number of aromatic nitrogens is 2. The first-order valence-corrected chi connectivity index (χ1v) is 9.41. The molecule has 3 heterocycles. The van der Waals surface area contributed by atoms with Gasteiger partial charge < -0.3 is 14.8 Å². The zero-order valence-corrected chi connectivity index (χ0v) is 15.6. The molecular weight excluding hydrogens is 340 g/mol. The van der Waals surface area contributed by atoms with Crippen molar-refractivity contribution in [3.63, 3.8) is 0 Å². The number of benzene rings is 1. The Kier molecular flexibility index (Phi) is 4.71. The van der Waals surface area contributed by atoms with Gasteiger partial charge in [-0.2, -0.15) is 0 Å². The summed E-state index contributed by atoms with van der Waals surface area (Å²) in [6, 6.07) is 20.9. The van der Waals surface area contributed by atoms with E-state index in [2.05, 4.69) is 75.4 Å². The summed E-state index contributed by atoms with van der Waals surface area (Å²) < 4.78 is 2.25. The molecule has 1 aliphatic rings. The lowest BCUT2D eigenvalue weighted by atomic mass is 10.0. The maximum Gasteiger partial charge on any atom is 0.170 e. The summed E-state index contributed by atoms with van der Waals surface area (Å²) in [5.41, 5.74) is 3.38. The first-order valence-electron chi connectivity index (χ1n) is 9.00. The number of rotatable bonds is 5. The lowest BCUT2D eigenvalue weighted by Crippen LogP contribution is -2.31. The van der Waals surface area contributed by atoms with E-state index in [-0.39, 0.29) is 12.1 Å². The second-order valence-electron chi connectivity index (χ2n) is 6.46. The summed E-state index contributed by atoms with van der Waals surface area (Å²) in [5, 5.41) is 4.30. The molecule has 1 fully saturated rings. The molecule has 132 valence electrons. The van der Waals surface area contributed by atoms with Crippen LogP contribution >= 0.6 is 12.2 Å². The molecule has 0 bridgehead atoms. The van der Waals surface area contributed by atoms with Gasteiger partial charge in [0.05, 0.1) is 17.8 Å². The quantitative estimate of drug-likeness (QED) is 0.688. The lowest BCUT2D eigenvalue weighted by molar-refractivity contribution is 0.309. The van der Waals surface area contributed by atoms with E-state index in [1.165, 1.54) is 5.69 Å². The molecule has 0 amide bonds. The fourth-order valence-corrected chi connectivity index (χ4v) is 4.00. The minimum absolute atomic E-state index is 0.0348. The van der Waals surface area contributed by atoms with Crippen LogP contribution in [-0.4, -0.2) is 26.1 Å². The number of thiocarbonyl (C=S) groups is 1. The van der Waals surface area contributed by atoms with Crippen LogP contribution in [0.3, 0.4) is 0 Å². The molecule has 26 heavy (non-hydrogen) atoms. The Morgan fingerprint density at radius 2 is 1.85 bits per heavy atom. The molecular formula is C21H22N4S. The molecule has 2 aromatic heterocycles. The molecule has 4 nitrogen and oxygen atoms in total. The molecule has 2 atom stereocenters. The van der Waals surface area contributed by atoms with Crippen molar-refractivity contribution in [3.05, 3.63) is 84.4 Å². The zero-order valence-electron chi connectivity index (χ0n) is 14.7. The Morgan fingerprint density at radius 1 is 1.04 bits per heavy atom. The second kappa shape index (κ2) is 7.30. The topological polar surface area (TPSA) is 33.1 Å². The second-order valence-corrected chi connectivity index (χ2v) is 6.85. The first-order chi connectivity index (χ1) is 12.8. The van der Waals surface area contributed by atoms with Crippen molar-refractivity contribution in [1.82, 2.24) is 19.8 Å². The number of para-hydroxylation sites is 1. The highest BCUT2D eigenvalue weighted by Gasteiger charge is 2.40. The van der Waals surface area contributed by atoms with Crippen LogP contribution < -0.4 is 5.32 Å². The van der Waals surface area contributed by atoms with Crippen LogP contribution in [0.1, 0.15) is 36.8 Å². The van der Waals surface area contributed by atoms with Crippen molar-refractivity contribution in [3.8, 4) is 5.69 Å². The van der Waals surface area contributed by atoms with E-state index >= 15 is 0 Å². The highest BCUT2D eigenvalue weighted by Crippen LogP contribution is 2.39. The molecule has 0 radical (unpaired) electrons. The van der Waals surface area contributed by atoms with E-state index in [4.69, 9.17) is 12.2 Å². The summed E-state index contributed by atoms with van der Waals surface area (Å²) in [7, 11) is 0. The van der Waals surface area contributed by atoms with Crippen LogP contribution in [0.2, 0.25) is 0 Å². The Balaban J connectivity index is 1.81. The average molecular weight is 363 g/mol. The van der Waals surface area contributed by atoms with Crippen LogP contribution in [0, 0.1) is 0 Å². The van der Waals surface area contributed by atoms with E-state index in [1.54, 1.807) is 0 Å². The molecule has 1 N–H and O–H groups in total. The SMILES string of the molecule is CCCN1C(=S)N[C@H](c2ccccn2)[C@H]1c1cccn1-c1ccccc1. The van der Waals surface area contributed by atoms with Gasteiger partial charge in [-0.3, -0.25) is 4.98 Å². The molecule has 0 spiro atoms. The predicted molar refractivity (Wildman–Crippen MR) is 108 cm³/mol. The van der Waals surface area contributed by atoms with Crippen LogP contribution in [-0.2, 0) is 0 Å². The van der Waals surface area contributed by atoms with Gasteiger partial charge >= 0.3 is 0 Å². The first kappa shape index (κ1) is 16.8. The molecule has 0 unspecified atom stereocenters. The molecule has 0 aliphatic carbocycles. The standard InChI is InChI=1S/C21H22N4S/c1-2-14-25-20(19(23-21(25)26)17-11-6-7-13-22-17)18-12-8-15-24(18)16-9-4-3-5-10-16/h3-13,15,19-20H,2,14H2,1H3,(H,23,26)/t19-,20-/m1/s1.